The molecule has 1 aliphatic rings. The van der Waals surface area contributed by atoms with Gasteiger partial charge in [-0.05, 0) is 37.1 Å². The Morgan fingerprint density at radius 2 is 1.96 bits per heavy atom. The van der Waals surface area contributed by atoms with Crippen molar-refractivity contribution >= 4 is 22.6 Å². The van der Waals surface area contributed by atoms with E-state index in [1.807, 2.05) is 34.9 Å². The van der Waals surface area contributed by atoms with Crippen LogP contribution in [0.5, 0.6) is 0 Å². The van der Waals surface area contributed by atoms with Crippen LogP contribution in [0.3, 0.4) is 0 Å². The van der Waals surface area contributed by atoms with E-state index in [2.05, 4.69) is 0 Å². The number of hydrogen-bond acceptors (Lipinski definition) is 3. The number of carbonyl (C=O) groups is 2. The van der Waals surface area contributed by atoms with Crippen molar-refractivity contribution in [2.45, 2.75) is 19.3 Å². The molecule has 0 aliphatic heterocycles. The van der Waals surface area contributed by atoms with Gasteiger partial charge in [-0.15, -0.1) is 0 Å². The van der Waals surface area contributed by atoms with E-state index in [-0.39, 0.29) is 16.9 Å². The summed E-state index contributed by atoms with van der Waals surface area (Å²) < 4.78 is 2.02. The number of Topliss-reactive ketones (excluding diaryl/α,β-unsaturated/α-hetero) is 1. The van der Waals surface area contributed by atoms with Gasteiger partial charge in [-0.1, -0.05) is 18.2 Å². The highest BCUT2D eigenvalue weighted by Crippen LogP contribution is 2.34. The van der Waals surface area contributed by atoms with Crippen molar-refractivity contribution in [1.82, 2.24) is 4.57 Å². The van der Waals surface area contributed by atoms with Crippen molar-refractivity contribution in [1.29, 1.82) is 5.26 Å². The van der Waals surface area contributed by atoms with E-state index in [0.717, 1.165) is 40.7 Å². The Morgan fingerprint density at radius 1 is 1.16 bits per heavy atom. The molecule has 1 aliphatic carbocycles. The first-order valence-corrected chi connectivity index (χ1v) is 8.11. The summed E-state index contributed by atoms with van der Waals surface area (Å²) in [6, 6.07) is 14.8. The van der Waals surface area contributed by atoms with Crippen molar-refractivity contribution in [3.8, 4) is 11.8 Å². The first-order chi connectivity index (χ1) is 12.1. The number of fused-ring (bicyclic) bond motifs is 3. The average Bonchev–Trinajstić information content (AvgIpc) is 2.96. The van der Waals surface area contributed by atoms with Gasteiger partial charge in [0.25, 0.3) is 0 Å². The molecule has 1 aromatic heterocycles. The number of carbonyl (C=O) groups excluding carboxylic acids is 2. The first kappa shape index (κ1) is 15.2. The van der Waals surface area contributed by atoms with Gasteiger partial charge in [0, 0.05) is 28.8 Å². The lowest BCUT2D eigenvalue weighted by Gasteiger charge is -2.16. The van der Waals surface area contributed by atoms with Crippen molar-refractivity contribution in [2.75, 3.05) is 0 Å². The molecule has 0 spiro atoms. The van der Waals surface area contributed by atoms with Gasteiger partial charge in [0.2, 0.25) is 5.91 Å². The number of benzene rings is 2. The number of nitriles is 1. The van der Waals surface area contributed by atoms with E-state index in [4.69, 9.17) is 5.73 Å². The van der Waals surface area contributed by atoms with Gasteiger partial charge in [0.05, 0.1) is 16.6 Å². The molecule has 2 N–H and O–H groups in total. The molecule has 0 unspecified atom stereocenters. The van der Waals surface area contributed by atoms with Gasteiger partial charge in [0.15, 0.2) is 5.78 Å². The topological polar surface area (TPSA) is 88.9 Å². The van der Waals surface area contributed by atoms with E-state index >= 15 is 0 Å². The van der Waals surface area contributed by atoms with Crippen molar-refractivity contribution in [3.63, 3.8) is 0 Å². The Balaban J connectivity index is 2.04. The molecule has 0 fully saturated rings. The maximum absolute atomic E-state index is 12.5. The summed E-state index contributed by atoms with van der Waals surface area (Å²) in [6.45, 7) is 0. The molecule has 0 saturated heterocycles. The van der Waals surface area contributed by atoms with Crippen LogP contribution in [0, 0.1) is 11.3 Å². The molecule has 3 aromatic rings. The van der Waals surface area contributed by atoms with Gasteiger partial charge >= 0.3 is 0 Å². The molecule has 0 saturated carbocycles. The lowest BCUT2D eigenvalue weighted by Crippen LogP contribution is -2.14. The molecule has 5 nitrogen and oxygen atoms in total. The summed E-state index contributed by atoms with van der Waals surface area (Å²) in [7, 11) is 0. The van der Waals surface area contributed by atoms with E-state index in [9.17, 15) is 14.9 Å². The zero-order valence-electron chi connectivity index (χ0n) is 13.5. The van der Waals surface area contributed by atoms with Gasteiger partial charge in [-0.25, -0.2) is 0 Å². The van der Waals surface area contributed by atoms with Crippen molar-refractivity contribution in [2.24, 2.45) is 5.73 Å². The molecule has 0 bridgehead atoms. The molecule has 5 heteroatoms. The Labute approximate surface area is 144 Å². The minimum atomic E-state index is -0.627. The number of nitrogens with two attached hydrogens (primary N) is 1. The van der Waals surface area contributed by atoms with Crippen LogP contribution in [0.25, 0.3) is 16.6 Å². The fourth-order valence-corrected chi connectivity index (χ4v) is 3.66. The standard InChI is InChI=1S/C20H15N3O2/c21-11-12-10-13(8-9-14(12)20(22)25)23-16-5-2-1-4-15(16)19-17(23)6-3-7-18(19)24/h1-2,4-5,8-10H,3,6-7H2,(H2,22,25). The molecule has 2 aromatic carbocycles. The number of aromatic nitrogens is 1. The van der Waals surface area contributed by atoms with Crippen LogP contribution in [0.4, 0.5) is 0 Å². The number of para-hydroxylation sites is 1. The molecule has 4 rings (SSSR count). The Hall–Kier alpha value is -3.39. The minimum Gasteiger partial charge on any atom is -0.366 e. The Bertz CT molecular complexity index is 1090. The van der Waals surface area contributed by atoms with Crippen LogP contribution in [0.1, 0.15) is 44.8 Å². The largest absolute Gasteiger partial charge is 0.366 e. The number of amides is 1. The SMILES string of the molecule is N#Cc1cc(-n2c3c(c4ccccc42)C(=O)CCC3)ccc1C(N)=O. The lowest BCUT2D eigenvalue weighted by atomic mass is 9.94. The number of nitrogens with zero attached hydrogens (tertiary/aromatic N) is 2. The number of ketones is 1. The smallest absolute Gasteiger partial charge is 0.250 e. The number of primary amides is 1. The normalized spacial score (nSPS) is 13.5. The zero-order chi connectivity index (χ0) is 17.6. The number of rotatable bonds is 2. The highest BCUT2D eigenvalue weighted by molar-refractivity contribution is 6.10. The van der Waals surface area contributed by atoms with Crippen LogP contribution >= 0.6 is 0 Å². The fraction of sp³-hybridized carbons (Fsp3) is 0.150. The number of hydrogen-bond donors (Lipinski definition) is 1. The maximum Gasteiger partial charge on any atom is 0.250 e. The second kappa shape index (κ2) is 5.60. The van der Waals surface area contributed by atoms with Gasteiger partial charge < -0.3 is 10.3 Å². The molecular weight excluding hydrogens is 314 g/mol. The van der Waals surface area contributed by atoms with Gasteiger partial charge in [-0.2, -0.15) is 5.26 Å². The summed E-state index contributed by atoms with van der Waals surface area (Å²) >= 11 is 0. The lowest BCUT2D eigenvalue weighted by molar-refractivity contribution is 0.0971. The molecular formula is C20H15N3O2. The summed E-state index contributed by atoms with van der Waals surface area (Å²) in [5.74, 6) is -0.469. The molecule has 122 valence electrons. The monoisotopic (exact) mass is 329 g/mol. The van der Waals surface area contributed by atoms with Crippen LogP contribution in [0.15, 0.2) is 42.5 Å². The molecule has 0 atom stereocenters. The maximum atomic E-state index is 12.5. The second-order valence-electron chi connectivity index (χ2n) is 6.16. The summed E-state index contributed by atoms with van der Waals surface area (Å²) in [5, 5.41) is 10.3. The van der Waals surface area contributed by atoms with E-state index in [0.29, 0.717) is 6.42 Å². The van der Waals surface area contributed by atoms with Crippen LogP contribution in [-0.2, 0) is 6.42 Å². The van der Waals surface area contributed by atoms with Gasteiger partial charge in [0.1, 0.15) is 6.07 Å². The van der Waals surface area contributed by atoms with E-state index < -0.39 is 5.91 Å². The van der Waals surface area contributed by atoms with E-state index in [1.165, 1.54) is 0 Å². The molecule has 1 amide bonds. The summed E-state index contributed by atoms with van der Waals surface area (Å²) in [5.41, 5.74) is 9.20. The zero-order valence-corrected chi connectivity index (χ0v) is 13.5. The third kappa shape index (κ3) is 2.23. The highest BCUT2D eigenvalue weighted by Gasteiger charge is 2.26. The van der Waals surface area contributed by atoms with Crippen molar-refractivity contribution < 1.29 is 9.59 Å². The summed E-state index contributed by atoms with van der Waals surface area (Å²) in [6.07, 6.45) is 2.17. The predicted molar refractivity (Wildman–Crippen MR) is 93.8 cm³/mol. The van der Waals surface area contributed by atoms with Crippen molar-refractivity contribution in [3.05, 3.63) is 64.8 Å². The van der Waals surface area contributed by atoms with E-state index in [1.54, 1.807) is 18.2 Å². The average molecular weight is 329 g/mol. The third-order valence-electron chi connectivity index (χ3n) is 4.72. The van der Waals surface area contributed by atoms with Crippen LogP contribution in [0.2, 0.25) is 0 Å². The van der Waals surface area contributed by atoms with Crippen LogP contribution < -0.4 is 5.73 Å². The molecule has 0 radical (unpaired) electrons. The highest BCUT2D eigenvalue weighted by atomic mass is 16.1. The van der Waals surface area contributed by atoms with Gasteiger partial charge in [-0.3, -0.25) is 9.59 Å². The third-order valence-corrected chi connectivity index (χ3v) is 4.72. The molecule has 25 heavy (non-hydrogen) atoms. The first-order valence-electron chi connectivity index (χ1n) is 8.11. The molecule has 1 heterocycles. The van der Waals surface area contributed by atoms with Crippen LogP contribution in [-0.4, -0.2) is 16.3 Å². The fourth-order valence-electron chi connectivity index (χ4n) is 3.66. The Kier molecular flexibility index (Phi) is 3.40. The Morgan fingerprint density at radius 3 is 2.72 bits per heavy atom. The summed E-state index contributed by atoms with van der Waals surface area (Å²) in [4.78, 5) is 24.0. The quantitative estimate of drug-likeness (QED) is 0.783. The minimum absolute atomic E-state index is 0.158. The second-order valence-corrected chi connectivity index (χ2v) is 6.16. The predicted octanol–water partition coefficient (Wildman–Crippen LogP) is 3.12.